The summed E-state index contributed by atoms with van der Waals surface area (Å²) in [5.41, 5.74) is 2.06. The van der Waals surface area contributed by atoms with Crippen molar-refractivity contribution >= 4 is 22.1 Å². The van der Waals surface area contributed by atoms with Crippen LogP contribution in [0.5, 0.6) is 0 Å². The van der Waals surface area contributed by atoms with Gasteiger partial charge in [-0.25, -0.2) is 4.52 Å². The second-order valence-corrected chi connectivity index (χ2v) is 4.90. The number of hydrogen-bond acceptors (Lipinski definition) is 6. The van der Waals surface area contributed by atoms with Gasteiger partial charge in [0.2, 0.25) is 0 Å². The van der Waals surface area contributed by atoms with Crippen molar-refractivity contribution in [3.8, 4) is 0 Å². The maximum atomic E-state index is 12.3. The molecule has 0 unspecified atom stereocenters. The lowest BCUT2D eigenvalue weighted by molar-refractivity contribution is 0.723. The Morgan fingerprint density at radius 3 is 3.05 bits per heavy atom. The number of aryl methyl sites for hydroxylation is 1. The van der Waals surface area contributed by atoms with Crippen molar-refractivity contribution in [2.75, 3.05) is 12.4 Å². The van der Waals surface area contributed by atoms with E-state index < -0.39 is 0 Å². The second-order valence-electron chi connectivity index (χ2n) is 4.15. The molecule has 0 aliphatic heterocycles. The second kappa shape index (κ2) is 4.47. The van der Waals surface area contributed by atoms with Crippen LogP contribution >= 0.6 is 11.5 Å². The highest BCUT2D eigenvalue weighted by Gasteiger charge is 2.10. The van der Waals surface area contributed by atoms with Gasteiger partial charge in [-0.05, 0) is 13.0 Å². The molecule has 0 atom stereocenters. The Morgan fingerprint density at radius 2 is 2.26 bits per heavy atom. The van der Waals surface area contributed by atoms with Gasteiger partial charge in [-0.1, -0.05) is 4.49 Å². The van der Waals surface area contributed by atoms with Gasteiger partial charge in [-0.15, -0.1) is 5.10 Å². The maximum Gasteiger partial charge on any atom is 0.276 e. The number of aromatic nitrogens is 5. The minimum absolute atomic E-state index is 0.0850. The van der Waals surface area contributed by atoms with Crippen molar-refractivity contribution in [3.05, 3.63) is 40.2 Å². The molecule has 8 heteroatoms. The van der Waals surface area contributed by atoms with Gasteiger partial charge < -0.3 is 9.88 Å². The third kappa shape index (κ3) is 1.99. The van der Waals surface area contributed by atoms with Gasteiger partial charge in [0.15, 0.2) is 0 Å². The molecule has 0 spiro atoms. The molecule has 0 saturated heterocycles. The Hall–Kier alpha value is -2.22. The lowest BCUT2D eigenvalue weighted by Crippen LogP contribution is -2.22. The first-order valence-corrected chi connectivity index (χ1v) is 6.51. The van der Waals surface area contributed by atoms with E-state index in [1.165, 1.54) is 11.5 Å². The summed E-state index contributed by atoms with van der Waals surface area (Å²) < 4.78 is 7.08. The van der Waals surface area contributed by atoms with Crippen molar-refractivity contribution in [1.82, 2.24) is 23.8 Å². The molecule has 0 radical (unpaired) electrons. The fourth-order valence-electron chi connectivity index (χ4n) is 1.94. The molecule has 98 valence electrons. The fourth-order valence-corrected chi connectivity index (χ4v) is 2.46. The summed E-state index contributed by atoms with van der Waals surface area (Å²) in [6, 6.07) is 1.77. The van der Waals surface area contributed by atoms with Gasteiger partial charge in [0, 0.05) is 31.0 Å². The molecule has 0 fully saturated rings. The largest absolute Gasteiger partial charge is 0.377 e. The number of nitrogens with one attached hydrogen (secondary N) is 1. The molecule has 3 heterocycles. The van der Waals surface area contributed by atoms with E-state index in [4.69, 9.17) is 0 Å². The zero-order valence-corrected chi connectivity index (χ0v) is 11.3. The zero-order chi connectivity index (χ0) is 13.4. The first kappa shape index (κ1) is 11.8. The van der Waals surface area contributed by atoms with Crippen molar-refractivity contribution in [2.45, 2.75) is 13.5 Å². The van der Waals surface area contributed by atoms with Crippen LogP contribution in [0.1, 0.15) is 11.4 Å². The van der Waals surface area contributed by atoms with E-state index in [1.54, 1.807) is 27.5 Å². The van der Waals surface area contributed by atoms with E-state index >= 15 is 0 Å². The molecule has 1 N–H and O–H groups in total. The van der Waals surface area contributed by atoms with E-state index in [9.17, 15) is 4.79 Å². The summed E-state index contributed by atoms with van der Waals surface area (Å²) in [6.07, 6.45) is 3.48. The summed E-state index contributed by atoms with van der Waals surface area (Å²) in [7, 11) is 1.81. The predicted octanol–water partition coefficient (Wildman–Crippen LogP) is 0.746. The van der Waals surface area contributed by atoms with Gasteiger partial charge in [0.1, 0.15) is 16.2 Å². The van der Waals surface area contributed by atoms with Gasteiger partial charge in [0.25, 0.3) is 5.56 Å². The summed E-state index contributed by atoms with van der Waals surface area (Å²) in [4.78, 5) is 12.3. The van der Waals surface area contributed by atoms with Crippen LogP contribution in [0.2, 0.25) is 0 Å². The Kier molecular flexibility index (Phi) is 2.79. The Bertz CT molecular complexity index is 786. The molecule has 0 amide bonds. The van der Waals surface area contributed by atoms with E-state index in [0.29, 0.717) is 12.1 Å². The van der Waals surface area contributed by atoms with E-state index in [2.05, 4.69) is 20.0 Å². The minimum atomic E-state index is -0.0850. The summed E-state index contributed by atoms with van der Waals surface area (Å²) in [6.45, 7) is 2.26. The molecular formula is C11H12N6OS. The van der Waals surface area contributed by atoms with E-state index in [-0.39, 0.29) is 5.56 Å². The molecule has 0 saturated carbocycles. The molecule has 0 bridgehead atoms. The molecule has 3 rings (SSSR count). The minimum Gasteiger partial charge on any atom is -0.377 e. The predicted molar refractivity (Wildman–Crippen MR) is 72.7 cm³/mol. The average Bonchev–Trinajstić information content (AvgIpc) is 2.98. The first-order valence-electron chi connectivity index (χ1n) is 5.73. The van der Waals surface area contributed by atoms with Gasteiger partial charge in [0.05, 0.1) is 12.2 Å². The quantitative estimate of drug-likeness (QED) is 0.763. The third-order valence-electron chi connectivity index (χ3n) is 2.83. The Balaban J connectivity index is 2.06. The monoisotopic (exact) mass is 276 g/mol. The zero-order valence-electron chi connectivity index (χ0n) is 10.5. The molecule has 0 aromatic carbocycles. The summed E-state index contributed by atoms with van der Waals surface area (Å²) >= 11 is 1.28. The van der Waals surface area contributed by atoms with Crippen LogP contribution in [0.4, 0.5) is 5.00 Å². The first-order chi connectivity index (χ1) is 9.19. The highest BCUT2D eigenvalue weighted by molar-refractivity contribution is 7.10. The Morgan fingerprint density at radius 1 is 1.42 bits per heavy atom. The highest BCUT2D eigenvalue weighted by Crippen LogP contribution is 2.17. The lowest BCUT2D eigenvalue weighted by Gasteiger charge is -2.05. The highest BCUT2D eigenvalue weighted by atomic mass is 32.1. The van der Waals surface area contributed by atoms with Crippen LogP contribution in [-0.4, -0.2) is 30.8 Å². The van der Waals surface area contributed by atoms with Gasteiger partial charge in [-0.3, -0.25) is 4.79 Å². The van der Waals surface area contributed by atoms with Crippen molar-refractivity contribution in [2.24, 2.45) is 0 Å². The molecule has 7 nitrogen and oxygen atoms in total. The summed E-state index contributed by atoms with van der Waals surface area (Å²) in [5, 5.41) is 12.1. The van der Waals surface area contributed by atoms with Crippen LogP contribution < -0.4 is 10.9 Å². The van der Waals surface area contributed by atoms with Crippen molar-refractivity contribution in [1.29, 1.82) is 0 Å². The molecule has 19 heavy (non-hydrogen) atoms. The number of fused-ring (bicyclic) bond motifs is 1. The van der Waals surface area contributed by atoms with Gasteiger partial charge >= 0.3 is 0 Å². The normalized spacial score (nSPS) is 11.1. The average molecular weight is 276 g/mol. The van der Waals surface area contributed by atoms with Crippen molar-refractivity contribution in [3.63, 3.8) is 0 Å². The fraction of sp³-hybridized carbons (Fsp3) is 0.273. The molecular weight excluding hydrogens is 264 g/mol. The standard InChI is InChI=1S/C11H12N6OS/c1-7-5-9-11(18)16(3-4-17(9)14-7)6-8-10(12-2)19-15-13-8/h3-5,12H,6H2,1-2H3. The van der Waals surface area contributed by atoms with Crippen LogP contribution in [0.15, 0.2) is 23.3 Å². The van der Waals surface area contributed by atoms with E-state index in [0.717, 1.165) is 16.4 Å². The smallest absolute Gasteiger partial charge is 0.276 e. The van der Waals surface area contributed by atoms with Crippen molar-refractivity contribution < 1.29 is 0 Å². The number of anilines is 1. The number of rotatable bonds is 3. The van der Waals surface area contributed by atoms with E-state index in [1.807, 2.05) is 14.0 Å². The van der Waals surface area contributed by atoms with Crippen LogP contribution in [-0.2, 0) is 6.54 Å². The van der Waals surface area contributed by atoms with Crippen LogP contribution in [0.25, 0.3) is 5.52 Å². The lowest BCUT2D eigenvalue weighted by atomic mass is 10.4. The maximum absolute atomic E-state index is 12.3. The number of nitrogens with zero attached hydrogens (tertiary/aromatic N) is 5. The molecule has 3 aromatic heterocycles. The number of hydrogen-bond donors (Lipinski definition) is 1. The Labute approximate surface area is 112 Å². The molecule has 3 aromatic rings. The van der Waals surface area contributed by atoms with Crippen LogP contribution in [0.3, 0.4) is 0 Å². The van der Waals surface area contributed by atoms with Crippen LogP contribution in [0, 0.1) is 6.92 Å². The third-order valence-corrected chi connectivity index (χ3v) is 3.61. The van der Waals surface area contributed by atoms with Gasteiger partial charge in [-0.2, -0.15) is 5.10 Å². The summed E-state index contributed by atoms with van der Waals surface area (Å²) in [5.74, 6) is 0. The molecule has 0 aliphatic carbocycles. The molecule has 0 aliphatic rings. The topological polar surface area (TPSA) is 77.1 Å². The SMILES string of the molecule is CNc1snnc1Cn1ccn2nc(C)cc2c1=O.